The molecule has 7 rings (SSSR count). The predicted molar refractivity (Wildman–Crippen MR) is 144 cm³/mol. The summed E-state index contributed by atoms with van der Waals surface area (Å²) in [5.74, 6) is -0.549. The van der Waals surface area contributed by atoms with E-state index in [1.165, 1.54) is 17.8 Å². The molecular formula is C30H34FN3O4S. The van der Waals surface area contributed by atoms with Crippen molar-refractivity contribution in [1.82, 2.24) is 14.8 Å². The molecule has 0 bridgehead atoms. The third kappa shape index (κ3) is 3.51. The minimum atomic E-state index is -1.28. The lowest BCUT2D eigenvalue weighted by Gasteiger charge is -2.60. The van der Waals surface area contributed by atoms with Gasteiger partial charge in [0.05, 0.1) is 35.8 Å². The molecule has 39 heavy (non-hydrogen) atoms. The van der Waals surface area contributed by atoms with E-state index >= 15 is 0 Å². The van der Waals surface area contributed by atoms with Gasteiger partial charge in [-0.3, -0.25) is 9.59 Å². The van der Waals surface area contributed by atoms with E-state index in [0.717, 1.165) is 49.8 Å². The molecule has 0 aromatic carbocycles. The van der Waals surface area contributed by atoms with Gasteiger partial charge in [0.1, 0.15) is 0 Å². The number of fused-ring (bicyclic) bond motifs is 6. The van der Waals surface area contributed by atoms with Gasteiger partial charge < -0.3 is 9.84 Å². The minimum Gasteiger partial charge on any atom is -0.449 e. The quantitative estimate of drug-likeness (QED) is 0.325. The Morgan fingerprint density at radius 3 is 2.67 bits per heavy atom. The van der Waals surface area contributed by atoms with Gasteiger partial charge in [0.2, 0.25) is 11.1 Å². The van der Waals surface area contributed by atoms with Crippen LogP contribution in [-0.4, -0.2) is 42.7 Å². The van der Waals surface area contributed by atoms with E-state index in [0.29, 0.717) is 18.5 Å². The SMILES string of the molecule is C[C@]12Cc3cnn(-c4ccc(F)nc4)c3C=C1CC[C@@H]1[C@@H]2[C@@H](O)C[C@@]2(C)[C@H]1CC[C@]2(OC(=O)C1CC1)C(=O)S. The Morgan fingerprint density at radius 1 is 1.18 bits per heavy atom. The summed E-state index contributed by atoms with van der Waals surface area (Å²) in [5.41, 5.74) is 1.88. The molecule has 0 unspecified atom stereocenters. The second-order valence-electron chi connectivity index (χ2n) is 13.0. The molecule has 7 nitrogen and oxygen atoms in total. The fraction of sp³-hybridized carbons (Fsp3) is 0.600. The van der Waals surface area contributed by atoms with Crippen LogP contribution in [0.1, 0.15) is 70.1 Å². The highest BCUT2D eigenvalue weighted by Gasteiger charge is 2.70. The Balaban J connectivity index is 1.23. The molecule has 5 aliphatic carbocycles. The summed E-state index contributed by atoms with van der Waals surface area (Å²) in [6, 6.07) is 3.01. The Morgan fingerprint density at radius 2 is 1.97 bits per heavy atom. The average molecular weight is 552 g/mol. The number of aliphatic hydroxyl groups excluding tert-OH is 1. The van der Waals surface area contributed by atoms with Gasteiger partial charge >= 0.3 is 5.97 Å². The van der Waals surface area contributed by atoms with E-state index in [4.69, 9.17) is 4.74 Å². The first kappa shape index (κ1) is 25.4. The number of carbonyl (C=O) groups is 2. The summed E-state index contributed by atoms with van der Waals surface area (Å²) in [6.07, 6.45) is 10.7. The molecule has 0 aliphatic heterocycles. The van der Waals surface area contributed by atoms with E-state index in [1.54, 1.807) is 6.07 Å². The molecule has 2 heterocycles. The van der Waals surface area contributed by atoms with Crippen LogP contribution in [0.3, 0.4) is 0 Å². The summed E-state index contributed by atoms with van der Waals surface area (Å²) in [5, 5.41) is 16.1. The van der Waals surface area contributed by atoms with Gasteiger partial charge in [-0.15, -0.1) is 12.6 Å². The number of thiol groups is 1. The topological polar surface area (TPSA) is 94.3 Å². The molecule has 0 saturated heterocycles. The van der Waals surface area contributed by atoms with Crippen LogP contribution in [0, 0.1) is 40.4 Å². The van der Waals surface area contributed by atoms with Crippen LogP contribution >= 0.6 is 12.6 Å². The monoisotopic (exact) mass is 551 g/mol. The molecule has 2 aromatic heterocycles. The highest BCUT2D eigenvalue weighted by molar-refractivity contribution is 7.96. The molecule has 206 valence electrons. The zero-order valence-corrected chi connectivity index (χ0v) is 23.2. The van der Waals surface area contributed by atoms with Crippen LogP contribution < -0.4 is 0 Å². The minimum absolute atomic E-state index is 0.0181. The highest BCUT2D eigenvalue weighted by atomic mass is 32.1. The first-order valence-electron chi connectivity index (χ1n) is 14.1. The Labute approximate surface area is 232 Å². The van der Waals surface area contributed by atoms with E-state index in [-0.39, 0.29) is 40.2 Å². The lowest BCUT2D eigenvalue weighted by molar-refractivity contribution is -0.197. The number of pyridine rings is 1. The Hall–Kier alpha value is -2.52. The van der Waals surface area contributed by atoms with Gasteiger partial charge in [-0.05, 0) is 98.3 Å². The third-order valence-corrected chi connectivity index (χ3v) is 11.4. The third-order valence-electron chi connectivity index (χ3n) is 11.0. The van der Waals surface area contributed by atoms with Crippen LogP contribution in [0.4, 0.5) is 4.39 Å². The van der Waals surface area contributed by atoms with Crippen LogP contribution in [0.25, 0.3) is 11.8 Å². The number of nitrogens with zero attached hydrogens (tertiary/aromatic N) is 3. The number of aromatic nitrogens is 3. The zero-order chi connectivity index (χ0) is 27.3. The van der Waals surface area contributed by atoms with Gasteiger partial charge in [0, 0.05) is 5.41 Å². The lowest BCUT2D eigenvalue weighted by Crippen LogP contribution is -2.62. The molecule has 2 aromatic rings. The van der Waals surface area contributed by atoms with Crippen LogP contribution in [-0.2, 0) is 20.7 Å². The molecule has 4 fully saturated rings. The summed E-state index contributed by atoms with van der Waals surface area (Å²) in [6.45, 7) is 4.31. The van der Waals surface area contributed by atoms with Crippen molar-refractivity contribution in [3.63, 3.8) is 0 Å². The fourth-order valence-electron chi connectivity index (χ4n) is 9.01. The summed E-state index contributed by atoms with van der Waals surface area (Å²) in [7, 11) is 0. The predicted octanol–water partition coefficient (Wildman–Crippen LogP) is 4.71. The van der Waals surface area contributed by atoms with Gasteiger partial charge in [-0.25, -0.2) is 9.67 Å². The van der Waals surface area contributed by atoms with Crippen molar-refractivity contribution >= 4 is 29.8 Å². The fourth-order valence-corrected chi connectivity index (χ4v) is 9.42. The second-order valence-corrected chi connectivity index (χ2v) is 13.4. The molecule has 0 amide bonds. The molecule has 4 saturated carbocycles. The van der Waals surface area contributed by atoms with Crippen molar-refractivity contribution in [2.24, 2.45) is 34.5 Å². The molecule has 0 spiro atoms. The summed E-state index contributed by atoms with van der Waals surface area (Å²) >= 11 is 4.28. The van der Waals surface area contributed by atoms with Crippen molar-refractivity contribution in [3.8, 4) is 5.69 Å². The number of rotatable bonds is 4. The number of allylic oxidation sites excluding steroid dienone is 1. The maximum atomic E-state index is 13.4. The van der Waals surface area contributed by atoms with Crippen molar-refractivity contribution in [2.45, 2.75) is 76.9 Å². The van der Waals surface area contributed by atoms with Crippen LogP contribution in [0.5, 0.6) is 0 Å². The van der Waals surface area contributed by atoms with E-state index in [1.807, 2.05) is 17.8 Å². The average Bonchev–Trinajstić information content (AvgIpc) is 3.60. The Kier molecular flexibility index (Phi) is 5.54. The van der Waals surface area contributed by atoms with Gasteiger partial charge in [0.15, 0.2) is 5.60 Å². The van der Waals surface area contributed by atoms with Gasteiger partial charge in [0.25, 0.3) is 0 Å². The smallest absolute Gasteiger partial charge is 0.309 e. The van der Waals surface area contributed by atoms with Gasteiger partial charge in [-0.2, -0.15) is 9.49 Å². The zero-order valence-electron chi connectivity index (χ0n) is 22.3. The largest absolute Gasteiger partial charge is 0.449 e. The number of hydrogen-bond acceptors (Lipinski definition) is 6. The van der Waals surface area contributed by atoms with Gasteiger partial charge in [-0.1, -0.05) is 19.4 Å². The first-order valence-corrected chi connectivity index (χ1v) is 14.6. The molecule has 9 heteroatoms. The second kappa shape index (κ2) is 8.49. The number of aliphatic hydroxyl groups is 1. The maximum absolute atomic E-state index is 13.4. The van der Waals surface area contributed by atoms with Crippen LogP contribution in [0.2, 0.25) is 0 Å². The molecule has 7 atom stereocenters. The molecule has 1 N–H and O–H groups in total. The number of esters is 1. The number of ether oxygens (including phenoxy) is 1. The summed E-state index contributed by atoms with van der Waals surface area (Å²) in [4.78, 5) is 29.7. The van der Waals surface area contributed by atoms with E-state index in [9.17, 15) is 19.1 Å². The molecule has 5 aliphatic rings. The first-order chi connectivity index (χ1) is 18.6. The molecular weight excluding hydrogens is 517 g/mol. The summed E-state index contributed by atoms with van der Waals surface area (Å²) < 4.78 is 21.3. The number of hydrogen-bond donors (Lipinski definition) is 2. The maximum Gasteiger partial charge on any atom is 0.309 e. The number of halogens is 1. The number of carbonyl (C=O) groups excluding carboxylic acids is 2. The van der Waals surface area contributed by atoms with E-state index in [2.05, 4.69) is 35.7 Å². The van der Waals surface area contributed by atoms with Crippen LogP contribution in [0.15, 0.2) is 30.1 Å². The van der Waals surface area contributed by atoms with Crippen molar-refractivity contribution < 1.29 is 23.8 Å². The van der Waals surface area contributed by atoms with Crippen molar-refractivity contribution in [1.29, 1.82) is 0 Å². The standard InChI is InChI=1S/C30H34FN3O4S/c1-28-12-17-14-33-34(19-6-8-24(31)32-15-19)22(17)11-18(28)5-7-20-21-9-10-30(27(37)39,38-26(36)16-3-4-16)29(21,2)13-23(35)25(20)28/h6,8,11,14-16,20-21,23,25,35H,3-5,7,9-10,12-13H2,1-2H3,(H,37,39)/t20-,21-,23-,25+,28-,29-,30-/m0/s1. The van der Waals surface area contributed by atoms with Crippen molar-refractivity contribution in [3.05, 3.63) is 47.3 Å². The molecule has 0 radical (unpaired) electrons. The Bertz CT molecular complexity index is 1400. The van der Waals surface area contributed by atoms with E-state index < -0.39 is 23.1 Å². The lowest BCUT2D eigenvalue weighted by atomic mass is 9.45. The highest BCUT2D eigenvalue weighted by Crippen LogP contribution is 2.68. The normalized spacial score (nSPS) is 38.6. The van der Waals surface area contributed by atoms with Crippen molar-refractivity contribution in [2.75, 3.05) is 0 Å².